The molecule has 0 amide bonds. The van der Waals surface area contributed by atoms with Gasteiger partial charge in [0.2, 0.25) is 5.78 Å². The van der Waals surface area contributed by atoms with Gasteiger partial charge in [0.05, 0.1) is 5.02 Å². The summed E-state index contributed by atoms with van der Waals surface area (Å²) in [5.74, 6) is 0.196. The molecule has 0 unspecified atom stereocenters. The number of benzene rings is 1. The van der Waals surface area contributed by atoms with E-state index in [4.69, 9.17) is 16.0 Å². The van der Waals surface area contributed by atoms with Crippen LogP contribution in [0.15, 0.2) is 34.7 Å². The summed E-state index contributed by atoms with van der Waals surface area (Å²) in [6.45, 7) is 1.93. The Morgan fingerprint density at radius 2 is 2.11 bits per heavy atom. The molecule has 4 heteroatoms. The lowest BCUT2D eigenvalue weighted by molar-refractivity contribution is 0.0963. The maximum atomic E-state index is 13.6. The van der Waals surface area contributed by atoms with Crippen LogP contribution in [0.5, 0.6) is 0 Å². The molecule has 1 heterocycles. The second-order valence-corrected chi connectivity index (χ2v) is 4.34. The Morgan fingerprint density at radius 1 is 1.33 bits per heavy atom. The first kappa shape index (κ1) is 12.8. The number of furan rings is 1. The summed E-state index contributed by atoms with van der Waals surface area (Å²) in [7, 11) is 0. The molecule has 0 saturated carbocycles. The lowest BCUT2D eigenvalue weighted by Crippen LogP contribution is -2.04. The summed E-state index contributed by atoms with van der Waals surface area (Å²) in [6.07, 6.45) is 0.669. The first-order valence-corrected chi connectivity index (χ1v) is 6.04. The third kappa shape index (κ3) is 2.62. The minimum absolute atomic E-state index is 0.0222. The summed E-state index contributed by atoms with van der Waals surface area (Å²) in [4.78, 5) is 11.9. The van der Waals surface area contributed by atoms with Gasteiger partial charge in [-0.25, -0.2) is 4.39 Å². The molecular weight excluding hydrogens is 255 g/mol. The Kier molecular flexibility index (Phi) is 3.82. The molecule has 2 aromatic rings. The number of halogens is 2. The largest absolute Gasteiger partial charge is 0.458 e. The third-order valence-corrected chi connectivity index (χ3v) is 2.96. The Morgan fingerprint density at radius 3 is 2.78 bits per heavy atom. The summed E-state index contributed by atoms with van der Waals surface area (Å²) in [5, 5.41) is 0.0222. The van der Waals surface area contributed by atoms with Gasteiger partial charge in [-0.3, -0.25) is 4.79 Å². The molecule has 0 aliphatic heterocycles. The molecule has 2 rings (SSSR count). The SMILES string of the molecule is CCc1ccc(C(=O)Cc2cccc(Cl)c2F)o1. The highest BCUT2D eigenvalue weighted by Gasteiger charge is 2.15. The van der Waals surface area contributed by atoms with Crippen molar-refractivity contribution in [2.24, 2.45) is 0 Å². The highest BCUT2D eigenvalue weighted by molar-refractivity contribution is 6.30. The summed E-state index contributed by atoms with van der Waals surface area (Å²) in [5.41, 5.74) is 0.280. The molecular formula is C14H12ClFO2. The zero-order chi connectivity index (χ0) is 13.1. The van der Waals surface area contributed by atoms with Crippen LogP contribution in [0.4, 0.5) is 4.39 Å². The van der Waals surface area contributed by atoms with Crippen LogP contribution in [-0.2, 0) is 12.8 Å². The number of hydrogen-bond donors (Lipinski definition) is 0. The van der Waals surface area contributed by atoms with Crippen molar-refractivity contribution in [3.63, 3.8) is 0 Å². The van der Waals surface area contributed by atoms with E-state index in [0.717, 1.165) is 12.2 Å². The first-order chi connectivity index (χ1) is 8.61. The zero-order valence-corrected chi connectivity index (χ0v) is 10.6. The van der Waals surface area contributed by atoms with Crippen molar-refractivity contribution in [2.45, 2.75) is 19.8 Å². The van der Waals surface area contributed by atoms with E-state index in [1.807, 2.05) is 6.92 Å². The highest BCUT2D eigenvalue weighted by Crippen LogP contribution is 2.20. The monoisotopic (exact) mass is 266 g/mol. The van der Waals surface area contributed by atoms with Crippen molar-refractivity contribution < 1.29 is 13.6 Å². The highest BCUT2D eigenvalue weighted by atomic mass is 35.5. The molecule has 0 saturated heterocycles. The number of rotatable bonds is 4. The third-order valence-electron chi connectivity index (χ3n) is 2.67. The van der Waals surface area contributed by atoms with Crippen LogP contribution in [0.3, 0.4) is 0 Å². The average Bonchev–Trinajstić information content (AvgIpc) is 2.83. The zero-order valence-electron chi connectivity index (χ0n) is 9.87. The van der Waals surface area contributed by atoms with E-state index in [0.29, 0.717) is 0 Å². The second-order valence-electron chi connectivity index (χ2n) is 3.93. The predicted molar refractivity (Wildman–Crippen MR) is 67.5 cm³/mol. The Hall–Kier alpha value is -1.61. The van der Waals surface area contributed by atoms with E-state index in [-0.39, 0.29) is 28.6 Å². The predicted octanol–water partition coefficient (Wildman–Crippen LogP) is 4.06. The van der Waals surface area contributed by atoms with Gasteiger partial charge in [0.1, 0.15) is 11.6 Å². The number of hydrogen-bond acceptors (Lipinski definition) is 2. The molecule has 0 bridgehead atoms. The maximum Gasteiger partial charge on any atom is 0.202 e. The molecule has 0 spiro atoms. The fourth-order valence-corrected chi connectivity index (χ4v) is 1.86. The Bertz CT molecular complexity index is 575. The topological polar surface area (TPSA) is 30.2 Å². The van der Waals surface area contributed by atoms with Crippen molar-refractivity contribution in [1.29, 1.82) is 0 Å². The number of aryl methyl sites for hydroxylation is 1. The fourth-order valence-electron chi connectivity index (χ4n) is 1.66. The van der Waals surface area contributed by atoms with Crippen LogP contribution >= 0.6 is 11.6 Å². The average molecular weight is 267 g/mol. The normalized spacial score (nSPS) is 10.6. The van der Waals surface area contributed by atoms with Gasteiger partial charge in [0.25, 0.3) is 0 Å². The molecule has 18 heavy (non-hydrogen) atoms. The minimum atomic E-state index is -0.546. The van der Waals surface area contributed by atoms with Gasteiger partial charge in [0, 0.05) is 12.8 Å². The van der Waals surface area contributed by atoms with E-state index in [1.165, 1.54) is 6.07 Å². The van der Waals surface area contributed by atoms with Gasteiger partial charge in [-0.15, -0.1) is 0 Å². The van der Waals surface area contributed by atoms with Gasteiger partial charge < -0.3 is 4.42 Å². The summed E-state index contributed by atoms with van der Waals surface area (Å²) >= 11 is 5.66. The summed E-state index contributed by atoms with van der Waals surface area (Å²) < 4.78 is 19.0. The van der Waals surface area contributed by atoms with E-state index < -0.39 is 5.82 Å². The minimum Gasteiger partial charge on any atom is -0.458 e. The van der Waals surface area contributed by atoms with E-state index in [1.54, 1.807) is 24.3 Å². The van der Waals surface area contributed by atoms with Crippen molar-refractivity contribution >= 4 is 17.4 Å². The van der Waals surface area contributed by atoms with Crippen molar-refractivity contribution in [1.82, 2.24) is 0 Å². The first-order valence-electron chi connectivity index (χ1n) is 5.66. The van der Waals surface area contributed by atoms with Gasteiger partial charge in [-0.2, -0.15) is 0 Å². The van der Waals surface area contributed by atoms with Crippen molar-refractivity contribution in [3.8, 4) is 0 Å². The Labute approximate surface area is 109 Å². The number of ketones is 1. The maximum absolute atomic E-state index is 13.6. The number of carbonyl (C=O) groups excluding carboxylic acids is 1. The van der Waals surface area contributed by atoms with Gasteiger partial charge in [0.15, 0.2) is 5.76 Å². The van der Waals surface area contributed by atoms with Gasteiger partial charge >= 0.3 is 0 Å². The molecule has 0 radical (unpaired) electrons. The summed E-state index contributed by atoms with van der Waals surface area (Å²) in [6, 6.07) is 7.98. The van der Waals surface area contributed by atoms with Crippen LogP contribution in [0.25, 0.3) is 0 Å². The van der Waals surface area contributed by atoms with Crippen molar-refractivity contribution in [3.05, 3.63) is 58.3 Å². The molecule has 0 atom stereocenters. The van der Waals surface area contributed by atoms with E-state index in [9.17, 15) is 9.18 Å². The van der Waals surface area contributed by atoms with E-state index in [2.05, 4.69) is 0 Å². The Balaban J connectivity index is 2.18. The van der Waals surface area contributed by atoms with Crippen LogP contribution in [0, 0.1) is 5.82 Å². The number of carbonyl (C=O) groups is 1. The van der Waals surface area contributed by atoms with Gasteiger partial charge in [-0.05, 0) is 23.8 Å². The smallest absolute Gasteiger partial charge is 0.202 e. The molecule has 0 fully saturated rings. The van der Waals surface area contributed by atoms with Crippen LogP contribution in [0.1, 0.15) is 28.8 Å². The molecule has 1 aromatic heterocycles. The van der Waals surface area contributed by atoms with Crippen LogP contribution in [0.2, 0.25) is 5.02 Å². The molecule has 94 valence electrons. The van der Waals surface area contributed by atoms with Crippen LogP contribution < -0.4 is 0 Å². The standard InChI is InChI=1S/C14H12ClFO2/c1-2-10-6-7-13(18-10)12(17)8-9-4-3-5-11(15)14(9)16/h3-7H,2,8H2,1H3. The van der Waals surface area contributed by atoms with Crippen LogP contribution in [-0.4, -0.2) is 5.78 Å². The van der Waals surface area contributed by atoms with Gasteiger partial charge in [-0.1, -0.05) is 30.7 Å². The molecule has 0 aliphatic carbocycles. The molecule has 1 aromatic carbocycles. The van der Waals surface area contributed by atoms with Crippen molar-refractivity contribution in [2.75, 3.05) is 0 Å². The lowest BCUT2D eigenvalue weighted by atomic mass is 10.1. The lowest BCUT2D eigenvalue weighted by Gasteiger charge is -2.02. The molecule has 0 N–H and O–H groups in total. The fraction of sp³-hybridized carbons (Fsp3) is 0.214. The molecule has 0 aliphatic rings. The number of Topliss-reactive ketones (excluding diaryl/α,β-unsaturated/α-hetero) is 1. The quantitative estimate of drug-likeness (QED) is 0.781. The second kappa shape index (κ2) is 5.36. The molecule has 2 nitrogen and oxygen atoms in total. The van der Waals surface area contributed by atoms with E-state index >= 15 is 0 Å².